The molecule has 0 aliphatic carbocycles. The van der Waals surface area contributed by atoms with Crippen molar-refractivity contribution >= 4 is 5.69 Å². The Kier molecular flexibility index (Phi) is 5.25. The molecule has 108 valence electrons. The Morgan fingerprint density at radius 1 is 1.40 bits per heavy atom. The van der Waals surface area contributed by atoms with Crippen molar-refractivity contribution in [1.82, 2.24) is 5.32 Å². The second-order valence-corrected chi connectivity index (χ2v) is 5.23. The van der Waals surface area contributed by atoms with E-state index in [0.29, 0.717) is 5.92 Å². The van der Waals surface area contributed by atoms with Gasteiger partial charge in [-0.2, -0.15) is 5.26 Å². The Hall–Kier alpha value is -1.73. The zero-order valence-corrected chi connectivity index (χ0v) is 12.4. The van der Waals surface area contributed by atoms with Gasteiger partial charge in [0.1, 0.15) is 11.8 Å². The number of methoxy groups -OCH3 is 1. The molecule has 0 aromatic heterocycles. The van der Waals surface area contributed by atoms with Gasteiger partial charge in [0.25, 0.3) is 0 Å². The molecule has 0 spiro atoms. The van der Waals surface area contributed by atoms with E-state index in [0.717, 1.165) is 43.2 Å². The van der Waals surface area contributed by atoms with Crippen molar-refractivity contribution in [3.05, 3.63) is 23.8 Å². The normalized spacial score (nSPS) is 15.7. The van der Waals surface area contributed by atoms with Gasteiger partial charge in [-0.25, -0.2) is 0 Å². The molecule has 1 aliphatic heterocycles. The van der Waals surface area contributed by atoms with Crippen molar-refractivity contribution in [3.8, 4) is 11.8 Å². The van der Waals surface area contributed by atoms with Crippen molar-refractivity contribution in [2.75, 3.05) is 38.2 Å². The highest BCUT2D eigenvalue weighted by molar-refractivity contribution is 5.62. The molecular formula is C16H23N3O. The van der Waals surface area contributed by atoms with Gasteiger partial charge in [-0.15, -0.1) is 0 Å². The Morgan fingerprint density at radius 3 is 2.75 bits per heavy atom. The maximum absolute atomic E-state index is 9.30. The van der Waals surface area contributed by atoms with Gasteiger partial charge in [-0.1, -0.05) is 0 Å². The van der Waals surface area contributed by atoms with Crippen LogP contribution in [0.4, 0.5) is 5.69 Å². The van der Waals surface area contributed by atoms with Crippen LogP contribution in [0.15, 0.2) is 18.2 Å². The van der Waals surface area contributed by atoms with Crippen LogP contribution in [0.25, 0.3) is 0 Å². The van der Waals surface area contributed by atoms with Gasteiger partial charge < -0.3 is 15.0 Å². The van der Waals surface area contributed by atoms with E-state index in [2.05, 4.69) is 23.2 Å². The number of nitrogens with zero attached hydrogens (tertiary/aromatic N) is 2. The molecule has 1 aliphatic rings. The van der Waals surface area contributed by atoms with Crippen LogP contribution >= 0.6 is 0 Å². The molecule has 2 rings (SSSR count). The van der Waals surface area contributed by atoms with E-state index in [9.17, 15) is 5.26 Å². The van der Waals surface area contributed by atoms with Crippen LogP contribution in [0.3, 0.4) is 0 Å². The van der Waals surface area contributed by atoms with Crippen molar-refractivity contribution in [2.45, 2.75) is 19.8 Å². The summed E-state index contributed by atoms with van der Waals surface area (Å²) >= 11 is 0. The highest BCUT2D eigenvalue weighted by Gasteiger charge is 2.18. The van der Waals surface area contributed by atoms with Crippen LogP contribution in [0.5, 0.6) is 5.75 Å². The van der Waals surface area contributed by atoms with Gasteiger partial charge in [-0.05, 0) is 50.9 Å². The van der Waals surface area contributed by atoms with Crippen LogP contribution in [-0.4, -0.2) is 33.3 Å². The smallest absolute Gasteiger partial charge is 0.121 e. The average molecular weight is 273 g/mol. The monoisotopic (exact) mass is 273 g/mol. The van der Waals surface area contributed by atoms with Crippen LogP contribution in [0.1, 0.15) is 25.3 Å². The summed E-state index contributed by atoms with van der Waals surface area (Å²) in [6.07, 6.45) is 2.42. The summed E-state index contributed by atoms with van der Waals surface area (Å²) in [6, 6.07) is 7.96. The number of benzene rings is 1. The lowest BCUT2D eigenvalue weighted by atomic mass is 9.97. The molecule has 0 amide bonds. The topological polar surface area (TPSA) is 48.3 Å². The van der Waals surface area contributed by atoms with Crippen molar-refractivity contribution in [2.24, 2.45) is 5.92 Å². The van der Waals surface area contributed by atoms with E-state index in [4.69, 9.17) is 4.74 Å². The summed E-state index contributed by atoms with van der Waals surface area (Å²) in [7, 11) is 1.66. The minimum Gasteiger partial charge on any atom is -0.497 e. The summed E-state index contributed by atoms with van der Waals surface area (Å²) < 4.78 is 5.29. The van der Waals surface area contributed by atoms with E-state index in [1.54, 1.807) is 7.11 Å². The molecule has 4 nitrogen and oxygen atoms in total. The minimum atomic E-state index is 0.703. The van der Waals surface area contributed by atoms with E-state index in [-0.39, 0.29) is 0 Å². The first-order valence-corrected chi connectivity index (χ1v) is 7.32. The average Bonchev–Trinajstić information content (AvgIpc) is 2.53. The van der Waals surface area contributed by atoms with E-state index in [1.807, 2.05) is 18.2 Å². The molecule has 0 radical (unpaired) electrons. The fourth-order valence-corrected chi connectivity index (χ4v) is 2.77. The number of rotatable bonds is 5. The summed E-state index contributed by atoms with van der Waals surface area (Å²) in [5.41, 5.74) is 1.72. The molecule has 1 fully saturated rings. The molecule has 4 heteroatoms. The molecule has 0 bridgehead atoms. The molecule has 1 heterocycles. The maximum atomic E-state index is 9.30. The third-order valence-electron chi connectivity index (χ3n) is 3.99. The quantitative estimate of drug-likeness (QED) is 0.895. The van der Waals surface area contributed by atoms with Crippen LogP contribution in [-0.2, 0) is 0 Å². The van der Waals surface area contributed by atoms with E-state index < -0.39 is 0 Å². The Balaban J connectivity index is 2.19. The Labute approximate surface area is 121 Å². The SMILES string of the molecule is CCN(CC1CCNCC1)c1cc(OC)ccc1C#N. The fraction of sp³-hybridized carbons (Fsp3) is 0.562. The zero-order chi connectivity index (χ0) is 14.4. The Bertz CT molecular complexity index is 475. The lowest BCUT2D eigenvalue weighted by Gasteiger charge is -2.31. The first-order chi connectivity index (χ1) is 9.78. The van der Waals surface area contributed by atoms with Crippen molar-refractivity contribution < 1.29 is 4.74 Å². The molecule has 1 aromatic carbocycles. The lowest BCUT2D eigenvalue weighted by molar-refractivity contribution is 0.374. The Morgan fingerprint density at radius 2 is 2.15 bits per heavy atom. The molecule has 1 N–H and O–H groups in total. The van der Waals surface area contributed by atoms with Gasteiger partial charge in [-0.3, -0.25) is 0 Å². The standard InChI is InChI=1S/C16H23N3O/c1-3-19(12-13-6-8-18-9-7-13)16-10-15(20-2)5-4-14(16)11-17/h4-5,10,13,18H,3,6-9,12H2,1-2H3. The predicted molar refractivity (Wildman–Crippen MR) is 81.2 cm³/mol. The van der Waals surface area contributed by atoms with Crippen molar-refractivity contribution in [3.63, 3.8) is 0 Å². The van der Waals surface area contributed by atoms with Gasteiger partial charge >= 0.3 is 0 Å². The third-order valence-corrected chi connectivity index (χ3v) is 3.99. The molecule has 1 aromatic rings. The zero-order valence-electron chi connectivity index (χ0n) is 12.4. The van der Waals surface area contributed by atoms with Crippen molar-refractivity contribution in [1.29, 1.82) is 5.26 Å². The van der Waals surface area contributed by atoms with Gasteiger partial charge in [0.15, 0.2) is 0 Å². The summed E-state index contributed by atoms with van der Waals surface area (Å²) in [6.45, 7) is 6.27. The molecule has 0 saturated carbocycles. The fourth-order valence-electron chi connectivity index (χ4n) is 2.77. The summed E-state index contributed by atoms with van der Waals surface area (Å²) in [5, 5.41) is 12.7. The number of nitrogens with one attached hydrogen (secondary N) is 1. The second-order valence-electron chi connectivity index (χ2n) is 5.23. The molecule has 0 atom stereocenters. The number of hydrogen-bond donors (Lipinski definition) is 1. The minimum absolute atomic E-state index is 0.703. The van der Waals surface area contributed by atoms with E-state index in [1.165, 1.54) is 12.8 Å². The van der Waals surface area contributed by atoms with Crippen LogP contribution in [0.2, 0.25) is 0 Å². The first kappa shape index (κ1) is 14.7. The number of ether oxygens (including phenoxy) is 1. The highest BCUT2D eigenvalue weighted by Crippen LogP contribution is 2.27. The molecular weight excluding hydrogens is 250 g/mol. The molecule has 0 unspecified atom stereocenters. The number of nitriles is 1. The van der Waals surface area contributed by atoms with Crippen LogP contribution in [0, 0.1) is 17.2 Å². The van der Waals surface area contributed by atoms with Gasteiger partial charge in [0, 0.05) is 19.2 Å². The number of anilines is 1. The van der Waals surface area contributed by atoms with E-state index >= 15 is 0 Å². The van der Waals surface area contributed by atoms with Gasteiger partial charge in [0.2, 0.25) is 0 Å². The first-order valence-electron chi connectivity index (χ1n) is 7.32. The predicted octanol–water partition coefficient (Wildman–Crippen LogP) is 2.39. The number of hydrogen-bond acceptors (Lipinski definition) is 4. The number of piperidine rings is 1. The van der Waals surface area contributed by atoms with Crippen LogP contribution < -0.4 is 15.0 Å². The second kappa shape index (κ2) is 7.16. The summed E-state index contributed by atoms with van der Waals surface area (Å²) in [4.78, 5) is 2.30. The third kappa shape index (κ3) is 3.43. The van der Waals surface area contributed by atoms with Gasteiger partial charge in [0.05, 0.1) is 18.4 Å². The maximum Gasteiger partial charge on any atom is 0.121 e. The highest BCUT2D eigenvalue weighted by atomic mass is 16.5. The lowest BCUT2D eigenvalue weighted by Crippen LogP contribution is -2.36. The molecule has 1 saturated heterocycles. The molecule has 20 heavy (non-hydrogen) atoms. The largest absolute Gasteiger partial charge is 0.497 e. The summed E-state index contributed by atoms with van der Waals surface area (Å²) in [5.74, 6) is 1.51.